The lowest BCUT2D eigenvalue weighted by molar-refractivity contribution is 0.111. The van der Waals surface area contributed by atoms with Gasteiger partial charge in [0.1, 0.15) is 11.4 Å². The van der Waals surface area contributed by atoms with Gasteiger partial charge >= 0.3 is 0 Å². The van der Waals surface area contributed by atoms with Crippen molar-refractivity contribution in [2.24, 2.45) is 4.99 Å². The Kier molecular flexibility index (Phi) is 10.1. The van der Waals surface area contributed by atoms with E-state index in [-0.39, 0.29) is 0 Å². The summed E-state index contributed by atoms with van der Waals surface area (Å²) >= 11 is 1.74. The van der Waals surface area contributed by atoms with Crippen molar-refractivity contribution >= 4 is 24.8 Å². The number of methoxy groups -OCH3 is 1. The van der Waals surface area contributed by atoms with E-state index < -0.39 is 0 Å². The van der Waals surface area contributed by atoms with E-state index in [2.05, 4.69) is 34.3 Å². The van der Waals surface area contributed by atoms with Crippen LogP contribution in [-0.2, 0) is 6.42 Å². The van der Waals surface area contributed by atoms with Crippen LogP contribution in [0.2, 0.25) is 0 Å². The number of thioether (sulfide) groups is 1. The molecule has 156 valence electrons. The van der Waals surface area contributed by atoms with Crippen LogP contribution in [0.4, 0.5) is 0 Å². The summed E-state index contributed by atoms with van der Waals surface area (Å²) in [5.41, 5.74) is 2.64. The number of aldehydes is 1. The van der Waals surface area contributed by atoms with Crippen LogP contribution in [0.25, 0.3) is 5.69 Å². The molecule has 0 amide bonds. The zero-order valence-corrected chi connectivity index (χ0v) is 18.0. The van der Waals surface area contributed by atoms with Crippen molar-refractivity contribution in [3.05, 3.63) is 89.2 Å². The molecule has 1 aromatic heterocycles. The molecule has 0 bridgehead atoms. The number of ether oxygens (including phenoxy) is 1. The van der Waals surface area contributed by atoms with Gasteiger partial charge in [-0.25, -0.2) is 4.68 Å². The third-order valence-electron chi connectivity index (χ3n) is 3.93. The fourth-order valence-electron chi connectivity index (χ4n) is 2.47. The molecule has 3 aromatic rings. The maximum atomic E-state index is 10.4. The maximum Gasteiger partial charge on any atom is 0.170 e. The van der Waals surface area contributed by atoms with Crippen LogP contribution < -0.4 is 10.1 Å². The van der Waals surface area contributed by atoms with E-state index in [1.165, 1.54) is 10.5 Å². The summed E-state index contributed by atoms with van der Waals surface area (Å²) in [6.07, 6.45) is 5.18. The van der Waals surface area contributed by atoms with Gasteiger partial charge in [0.25, 0.3) is 0 Å². The number of aromatic nitrogens is 2. The van der Waals surface area contributed by atoms with Gasteiger partial charge in [-0.05, 0) is 49.7 Å². The van der Waals surface area contributed by atoms with Gasteiger partial charge in [0.15, 0.2) is 6.29 Å². The molecule has 0 aliphatic rings. The van der Waals surface area contributed by atoms with Crippen LogP contribution in [0, 0.1) is 0 Å². The molecule has 3 rings (SSSR count). The molecule has 0 aliphatic carbocycles. The predicted molar refractivity (Wildman–Crippen MR) is 125 cm³/mol. The van der Waals surface area contributed by atoms with E-state index in [0.29, 0.717) is 5.69 Å². The molecular weight excluding hydrogens is 396 g/mol. The molecule has 1 N–H and O–H groups in total. The molecule has 6 nitrogen and oxygen atoms in total. The molecule has 0 atom stereocenters. The Morgan fingerprint density at radius 3 is 2.50 bits per heavy atom. The molecule has 0 spiro atoms. The van der Waals surface area contributed by atoms with Gasteiger partial charge in [0.05, 0.1) is 12.8 Å². The number of carbonyl (C=O) groups is 1. The minimum atomic E-state index is 0.448. The third-order valence-corrected chi connectivity index (χ3v) is 4.98. The van der Waals surface area contributed by atoms with Crippen molar-refractivity contribution in [1.29, 1.82) is 0 Å². The average molecular weight is 423 g/mol. The first kappa shape index (κ1) is 23.1. The van der Waals surface area contributed by atoms with E-state index in [9.17, 15) is 4.79 Å². The number of aliphatic imine (C=N–C) groups is 1. The fraction of sp³-hybridized carbons (Fsp3) is 0.174. The smallest absolute Gasteiger partial charge is 0.170 e. The first-order valence-corrected chi connectivity index (χ1v) is 10.3. The Hall–Kier alpha value is -3.16. The summed E-state index contributed by atoms with van der Waals surface area (Å²) < 4.78 is 6.80. The minimum Gasteiger partial charge on any atom is -0.497 e. The van der Waals surface area contributed by atoms with Crippen molar-refractivity contribution in [3.63, 3.8) is 0 Å². The highest BCUT2D eigenvalue weighted by Gasteiger charge is 2.01. The number of nitrogens with zero attached hydrogens (tertiary/aromatic N) is 3. The van der Waals surface area contributed by atoms with E-state index in [1.807, 2.05) is 55.7 Å². The Morgan fingerprint density at radius 1 is 1.20 bits per heavy atom. The number of benzene rings is 2. The van der Waals surface area contributed by atoms with Gasteiger partial charge < -0.3 is 10.1 Å². The fourth-order valence-corrected chi connectivity index (χ4v) is 3.22. The summed E-state index contributed by atoms with van der Waals surface area (Å²) in [5, 5.41) is 7.15. The number of hydrogen-bond donors (Lipinski definition) is 1. The van der Waals surface area contributed by atoms with Crippen molar-refractivity contribution in [1.82, 2.24) is 15.1 Å². The Morgan fingerprint density at radius 2 is 1.93 bits per heavy atom. The van der Waals surface area contributed by atoms with Crippen molar-refractivity contribution in [3.8, 4) is 11.4 Å². The Bertz CT molecular complexity index is 937. The van der Waals surface area contributed by atoms with Crippen molar-refractivity contribution < 1.29 is 9.53 Å². The van der Waals surface area contributed by atoms with Gasteiger partial charge in [0.2, 0.25) is 0 Å². The highest BCUT2D eigenvalue weighted by molar-refractivity contribution is 8.03. The summed E-state index contributed by atoms with van der Waals surface area (Å²) in [7, 11) is 3.60. The highest BCUT2D eigenvalue weighted by Crippen LogP contribution is 2.21. The van der Waals surface area contributed by atoms with Crippen LogP contribution in [0.1, 0.15) is 16.1 Å². The second-order valence-electron chi connectivity index (χ2n) is 6.08. The van der Waals surface area contributed by atoms with Crippen molar-refractivity contribution in [2.45, 2.75) is 6.42 Å². The van der Waals surface area contributed by atoms with Crippen LogP contribution >= 0.6 is 11.8 Å². The summed E-state index contributed by atoms with van der Waals surface area (Å²) in [5.74, 6) is 1.75. The molecule has 0 radical (unpaired) electrons. The lowest BCUT2D eigenvalue weighted by Gasteiger charge is -2.07. The largest absolute Gasteiger partial charge is 0.497 e. The molecule has 0 fully saturated rings. The van der Waals surface area contributed by atoms with Gasteiger partial charge in [-0.15, -0.1) is 11.8 Å². The second-order valence-corrected chi connectivity index (χ2v) is 7.19. The standard InChI is InChI=1S/C13H18N2OS.C10H8N2O/c1-14-9-13(17-10-15-2)8-11-4-6-12(16-3)7-5-11;13-8-9-6-7-12(11-9)10-4-2-1-3-5-10/h4-7,9,15H,1,8,10H2,2-3H3;1-8H/b13-9-;. The maximum absolute atomic E-state index is 10.4. The topological polar surface area (TPSA) is 68.5 Å². The number of carbonyl (C=O) groups excluding carboxylic acids is 1. The molecule has 30 heavy (non-hydrogen) atoms. The van der Waals surface area contributed by atoms with E-state index in [0.717, 1.165) is 30.0 Å². The Labute approximate surface area is 181 Å². The number of hydrogen-bond acceptors (Lipinski definition) is 6. The number of rotatable bonds is 9. The van der Waals surface area contributed by atoms with Gasteiger partial charge in [0, 0.05) is 29.6 Å². The summed E-state index contributed by atoms with van der Waals surface area (Å²) in [4.78, 5) is 15.4. The number of allylic oxidation sites excluding steroid dienone is 1. The number of nitrogens with one attached hydrogen (secondary N) is 1. The van der Waals surface area contributed by atoms with Crippen LogP contribution in [0.3, 0.4) is 0 Å². The quantitative estimate of drug-likeness (QED) is 0.315. The summed E-state index contributed by atoms with van der Waals surface area (Å²) in [6.45, 7) is 3.50. The van der Waals surface area contributed by atoms with Crippen molar-refractivity contribution in [2.75, 3.05) is 20.0 Å². The highest BCUT2D eigenvalue weighted by atomic mass is 32.2. The minimum absolute atomic E-state index is 0.448. The van der Waals surface area contributed by atoms with Gasteiger partial charge in [-0.2, -0.15) is 5.10 Å². The molecule has 0 saturated carbocycles. The first-order chi connectivity index (χ1) is 14.7. The van der Waals surface area contributed by atoms with Gasteiger partial charge in [-0.3, -0.25) is 9.79 Å². The molecule has 0 unspecified atom stereocenters. The number of para-hydroxylation sites is 1. The molecule has 7 heteroatoms. The lowest BCUT2D eigenvalue weighted by Crippen LogP contribution is -2.04. The Balaban J connectivity index is 0.000000220. The molecule has 2 aromatic carbocycles. The lowest BCUT2D eigenvalue weighted by atomic mass is 10.1. The van der Waals surface area contributed by atoms with E-state index in [1.54, 1.807) is 35.8 Å². The summed E-state index contributed by atoms with van der Waals surface area (Å²) in [6, 6.07) is 19.4. The second kappa shape index (κ2) is 13.1. The molecular formula is C23H26N4O2S. The normalized spacial score (nSPS) is 10.7. The van der Waals surface area contributed by atoms with Gasteiger partial charge in [-0.1, -0.05) is 30.3 Å². The van der Waals surface area contributed by atoms with E-state index >= 15 is 0 Å². The SMILES string of the molecule is C=N/C=C(/Cc1ccc(OC)cc1)SCNC.O=Cc1ccn(-c2ccccc2)n1. The molecule has 0 saturated heterocycles. The molecule has 1 heterocycles. The zero-order valence-electron chi connectivity index (χ0n) is 17.2. The predicted octanol–water partition coefficient (Wildman–Crippen LogP) is 4.37. The van der Waals surface area contributed by atoms with E-state index in [4.69, 9.17) is 4.74 Å². The van der Waals surface area contributed by atoms with Crippen LogP contribution in [-0.4, -0.2) is 42.8 Å². The third kappa shape index (κ3) is 7.69. The molecule has 0 aliphatic heterocycles. The average Bonchev–Trinajstić information content (AvgIpc) is 3.29. The van der Waals surface area contributed by atoms with Crippen LogP contribution in [0.15, 0.2) is 83.0 Å². The van der Waals surface area contributed by atoms with Crippen LogP contribution in [0.5, 0.6) is 5.75 Å². The zero-order chi connectivity index (χ0) is 21.6. The first-order valence-electron chi connectivity index (χ1n) is 9.31. The monoisotopic (exact) mass is 422 g/mol.